The average Bonchev–Trinajstić information content (AvgIpc) is 2.81. The number of ether oxygens (including phenoxy) is 1. The molecule has 1 amide bonds. The number of hydrogen-bond acceptors (Lipinski definition) is 5. The number of halogens is 4. The Morgan fingerprint density at radius 1 is 0.972 bits per heavy atom. The van der Waals surface area contributed by atoms with Gasteiger partial charge < -0.3 is 13.8 Å². The number of nitrogens with zero attached hydrogens (tertiary/aromatic N) is 1. The van der Waals surface area contributed by atoms with Crippen molar-refractivity contribution in [2.45, 2.75) is 37.5 Å². The Balaban J connectivity index is 1.72. The first kappa shape index (κ1) is 27.3. The minimum absolute atomic E-state index is 0.0986. The molecule has 6 nitrogen and oxygen atoms in total. The van der Waals surface area contributed by atoms with E-state index in [0.29, 0.717) is 22.4 Å². The second-order valence-corrected chi connectivity index (χ2v) is 10.1. The third kappa shape index (κ3) is 7.38. The van der Waals surface area contributed by atoms with Gasteiger partial charge in [0, 0.05) is 17.6 Å². The normalized spacial score (nSPS) is 11.9. The molecule has 192 valence electrons. The maximum Gasteiger partial charge on any atom is 0.416 e. The number of rotatable bonds is 9. The molecule has 0 unspecified atom stereocenters. The molecule has 0 aliphatic rings. The summed E-state index contributed by atoms with van der Waals surface area (Å²) in [5, 5.41) is 0.537. The summed E-state index contributed by atoms with van der Waals surface area (Å²) in [5.41, 5.74) is -0.548. The monoisotopic (exact) mass is 541 g/mol. The van der Waals surface area contributed by atoms with E-state index < -0.39 is 26.8 Å². The summed E-state index contributed by atoms with van der Waals surface area (Å²) < 4.78 is 74.7. The van der Waals surface area contributed by atoms with Gasteiger partial charge in [-0.1, -0.05) is 29.8 Å². The number of carbonyl (C=O) groups is 1. The fourth-order valence-corrected chi connectivity index (χ4v) is 4.31. The third-order valence-corrected chi connectivity index (χ3v) is 6.52. The molecule has 0 spiro atoms. The minimum atomic E-state index is -4.70. The summed E-state index contributed by atoms with van der Waals surface area (Å²) in [5.74, 6) is 0.0768. The fraction of sp³-hybridized carbons (Fsp3) is 0.240. The summed E-state index contributed by atoms with van der Waals surface area (Å²) in [6.07, 6.45) is -4.70. The second kappa shape index (κ2) is 11.2. The standard InChI is InChI=1S/C25H23ClF3NO5S/c1-17(2)30(24(31)16-34-21-11-9-20(26)10-12-21)15-18-5-3-7-22(13-18)35-36(32,33)23-8-4-6-19(14-23)25(27,28)29/h3-14,17H,15-16H2,1-2H3. The lowest BCUT2D eigenvalue weighted by atomic mass is 10.2. The van der Waals surface area contributed by atoms with E-state index >= 15 is 0 Å². The molecule has 0 fully saturated rings. The number of alkyl halides is 3. The van der Waals surface area contributed by atoms with Crippen molar-refractivity contribution in [2.24, 2.45) is 0 Å². The largest absolute Gasteiger partial charge is 0.484 e. The van der Waals surface area contributed by atoms with E-state index in [-0.39, 0.29) is 30.9 Å². The predicted octanol–water partition coefficient (Wildman–Crippen LogP) is 5.94. The molecule has 0 aliphatic carbocycles. The molecule has 3 aromatic rings. The van der Waals surface area contributed by atoms with E-state index in [1.165, 1.54) is 23.1 Å². The van der Waals surface area contributed by atoms with E-state index in [1.54, 1.807) is 30.3 Å². The van der Waals surface area contributed by atoms with Gasteiger partial charge >= 0.3 is 16.3 Å². The molecule has 0 radical (unpaired) electrons. The number of benzene rings is 3. The van der Waals surface area contributed by atoms with Crippen molar-refractivity contribution in [1.29, 1.82) is 0 Å². The van der Waals surface area contributed by atoms with Crippen LogP contribution in [0.25, 0.3) is 0 Å². The highest BCUT2D eigenvalue weighted by molar-refractivity contribution is 7.87. The SMILES string of the molecule is CC(C)N(Cc1cccc(OS(=O)(=O)c2cccc(C(F)(F)F)c2)c1)C(=O)COc1ccc(Cl)cc1. The second-order valence-electron chi connectivity index (χ2n) is 8.07. The lowest BCUT2D eigenvalue weighted by molar-refractivity contribution is -0.138. The Hall–Kier alpha value is -3.24. The van der Waals surface area contributed by atoms with Gasteiger partial charge in [-0.2, -0.15) is 21.6 Å². The predicted molar refractivity (Wildman–Crippen MR) is 128 cm³/mol. The first-order chi connectivity index (χ1) is 16.8. The minimum Gasteiger partial charge on any atom is -0.484 e. The van der Waals surface area contributed by atoms with Crippen LogP contribution in [0.1, 0.15) is 25.0 Å². The maximum absolute atomic E-state index is 13.0. The van der Waals surface area contributed by atoms with E-state index in [9.17, 15) is 26.4 Å². The van der Waals surface area contributed by atoms with Gasteiger partial charge in [0.2, 0.25) is 0 Å². The zero-order chi connectivity index (χ0) is 26.5. The summed E-state index contributed by atoms with van der Waals surface area (Å²) in [6.45, 7) is 3.54. The fourth-order valence-electron chi connectivity index (χ4n) is 3.21. The number of amides is 1. The average molecular weight is 542 g/mol. The Kier molecular flexibility index (Phi) is 8.52. The highest BCUT2D eigenvalue weighted by Gasteiger charge is 2.32. The third-order valence-electron chi connectivity index (χ3n) is 5.03. The van der Waals surface area contributed by atoms with Crippen molar-refractivity contribution >= 4 is 27.6 Å². The van der Waals surface area contributed by atoms with Gasteiger partial charge in [-0.05, 0) is 74.0 Å². The maximum atomic E-state index is 13.0. The Bertz CT molecular complexity index is 1310. The van der Waals surface area contributed by atoms with Gasteiger partial charge in [0.15, 0.2) is 6.61 Å². The first-order valence-corrected chi connectivity index (χ1v) is 12.5. The molecule has 0 atom stereocenters. The summed E-state index contributed by atoms with van der Waals surface area (Å²) in [7, 11) is -4.53. The van der Waals surface area contributed by atoms with Crippen molar-refractivity contribution in [2.75, 3.05) is 6.61 Å². The van der Waals surface area contributed by atoms with Crippen LogP contribution in [0, 0.1) is 0 Å². The van der Waals surface area contributed by atoms with Gasteiger partial charge in [-0.15, -0.1) is 0 Å². The smallest absolute Gasteiger partial charge is 0.416 e. The highest BCUT2D eigenvalue weighted by Crippen LogP contribution is 2.31. The van der Waals surface area contributed by atoms with E-state index in [0.717, 1.165) is 18.2 Å². The topological polar surface area (TPSA) is 72.9 Å². The summed E-state index contributed by atoms with van der Waals surface area (Å²) in [6, 6.07) is 15.6. The highest BCUT2D eigenvalue weighted by atomic mass is 35.5. The van der Waals surface area contributed by atoms with Crippen molar-refractivity contribution in [3.8, 4) is 11.5 Å². The van der Waals surface area contributed by atoms with Gasteiger partial charge in [0.1, 0.15) is 16.4 Å². The molecule has 0 saturated heterocycles. The van der Waals surface area contributed by atoms with Crippen molar-refractivity contribution in [3.05, 3.63) is 88.9 Å². The lowest BCUT2D eigenvalue weighted by Gasteiger charge is -2.27. The molecule has 0 bridgehead atoms. The van der Waals surface area contributed by atoms with Crippen LogP contribution in [0.2, 0.25) is 5.02 Å². The molecule has 3 rings (SSSR count). The van der Waals surface area contributed by atoms with Crippen LogP contribution in [-0.2, 0) is 27.6 Å². The molecule has 0 aliphatic heterocycles. The molecule has 11 heteroatoms. The molecule has 3 aromatic carbocycles. The van der Waals surface area contributed by atoms with Crippen LogP contribution >= 0.6 is 11.6 Å². The van der Waals surface area contributed by atoms with Crippen LogP contribution in [0.3, 0.4) is 0 Å². The lowest BCUT2D eigenvalue weighted by Crippen LogP contribution is -2.39. The van der Waals surface area contributed by atoms with Crippen LogP contribution in [0.5, 0.6) is 11.5 Å². The number of hydrogen-bond donors (Lipinski definition) is 0. The van der Waals surface area contributed by atoms with Gasteiger partial charge in [-0.3, -0.25) is 4.79 Å². The van der Waals surface area contributed by atoms with Crippen molar-refractivity contribution < 1.29 is 35.3 Å². The van der Waals surface area contributed by atoms with Gasteiger partial charge in [0.05, 0.1) is 5.56 Å². The molecule has 0 aromatic heterocycles. The van der Waals surface area contributed by atoms with Crippen molar-refractivity contribution in [3.63, 3.8) is 0 Å². The van der Waals surface area contributed by atoms with E-state index in [4.69, 9.17) is 20.5 Å². The van der Waals surface area contributed by atoms with Crippen LogP contribution < -0.4 is 8.92 Å². The zero-order valence-corrected chi connectivity index (χ0v) is 20.9. The van der Waals surface area contributed by atoms with Crippen molar-refractivity contribution in [1.82, 2.24) is 4.90 Å². The van der Waals surface area contributed by atoms with E-state index in [1.807, 2.05) is 13.8 Å². The Morgan fingerprint density at radius 3 is 2.28 bits per heavy atom. The van der Waals surface area contributed by atoms with Crippen LogP contribution in [0.15, 0.2) is 77.7 Å². The molecular formula is C25H23ClF3NO5S. The van der Waals surface area contributed by atoms with Gasteiger partial charge in [0.25, 0.3) is 5.91 Å². The first-order valence-electron chi connectivity index (χ1n) is 10.7. The molecule has 0 heterocycles. The molecule has 0 saturated carbocycles. The van der Waals surface area contributed by atoms with Crippen LogP contribution in [0.4, 0.5) is 13.2 Å². The number of carbonyl (C=O) groups excluding carboxylic acids is 1. The summed E-state index contributed by atoms with van der Waals surface area (Å²) >= 11 is 5.85. The van der Waals surface area contributed by atoms with Gasteiger partial charge in [-0.25, -0.2) is 0 Å². The summed E-state index contributed by atoms with van der Waals surface area (Å²) in [4.78, 5) is 13.7. The Morgan fingerprint density at radius 2 is 1.64 bits per heavy atom. The molecule has 36 heavy (non-hydrogen) atoms. The van der Waals surface area contributed by atoms with E-state index in [2.05, 4.69) is 0 Å². The zero-order valence-electron chi connectivity index (χ0n) is 19.3. The molecule has 0 N–H and O–H groups in total. The Labute approximate surface area is 212 Å². The van der Waals surface area contributed by atoms with Crippen LogP contribution in [-0.4, -0.2) is 31.9 Å². The quantitative estimate of drug-likeness (QED) is 0.313. The molecular weight excluding hydrogens is 519 g/mol.